The zero-order valence-corrected chi connectivity index (χ0v) is 15.3. The smallest absolute Gasteiger partial charge is 0.311 e. The number of carbonyl (C=O) groups is 1. The lowest BCUT2D eigenvalue weighted by Gasteiger charge is -2.17. The largest absolute Gasteiger partial charge is 0.496 e. The summed E-state index contributed by atoms with van der Waals surface area (Å²) in [5.41, 5.74) is 2.67. The van der Waals surface area contributed by atoms with Crippen LogP contribution in [0.4, 0.5) is 0 Å². The third-order valence-electron chi connectivity index (χ3n) is 4.01. The summed E-state index contributed by atoms with van der Waals surface area (Å²) >= 11 is 0. The molecule has 134 valence electrons. The van der Waals surface area contributed by atoms with Crippen LogP contribution in [0.5, 0.6) is 11.5 Å². The molecule has 0 fully saturated rings. The van der Waals surface area contributed by atoms with Gasteiger partial charge in [-0.1, -0.05) is 43.7 Å². The summed E-state index contributed by atoms with van der Waals surface area (Å²) in [7, 11) is 1.56. The summed E-state index contributed by atoms with van der Waals surface area (Å²) < 4.78 is 11.0. The Balaban J connectivity index is 2.20. The lowest BCUT2D eigenvalue weighted by molar-refractivity contribution is -0.138. The van der Waals surface area contributed by atoms with E-state index < -0.39 is 11.9 Å². The van der Waals surface area contributed by atoms with Crippen LogP contribution < -0.4 is 9.47 Å². The first-order valence-corrected chi connectivity index (χ1v) is 8.49. The van der Waals surface area contributed by atoms with E-state index in [0.717, 1.165) is 16.9 Å². The Kier molecular flexibility index (Phi) is 6.45. The average Bonchev–Trinajstić information content (AvgIpc) is 2.58. The Labute approximate surface area is 149 Å². The summed E-state index contributed by atoms with van der Waals surface area (Å²) in [5, 5.41) is 9.72. The van der Waals surface area contributed by atoms with E-state index in [1.807, 2.05) is 49.4 Å². The first kappa shape index (κ1) is 18.8. The number of aryl methyl sites for hydroxylation is 1. The molecule has 0 spiro atoms. The van der Waals surface area contributed by atoms with Crippen molar-refractivity contribution in [3.8, 4) is 11.5 Å². The molecule has 0 saturated carbocycles. The van der Waals surface area contributed by atoms with E-state index >= 15 is 0 Å². The zero-order chi connectivity index (χ0) is 18.4. The highest BCUT2D eigenvalue weighted by Gasteiger charge is 2.24. The minimum Gasteiger partial charge on any atom is -0.496 e. The summed E-state index contributed by atoms with van der Waals surface area (Å²) in [6.45, 7) is 6.81. The minimum absolute atomic E-state index is 0.402. The van der Waals surface area contributed by atoms with Crippen molar-refractivity contribution in [1.29, 1.82) is 0 Å². The van der Waals surface area contributed by atoms with Crippen molar-refractivity contribution in [2.45, 2.75) is 33.1 Å². The summed E-state index contributed by atoms with van der Waals surface area (Å²) in [4.78, 5) is 11.8. The lowest BCUT2D eigenvalue weighted by Crippen LogP contribution is -2.15. The first-order chi connectivity index (χ1) is 11.9. The van der Waals surface area contributed by atoms with Gasteiger partial charge in [-0.15, -0.1) is 0 Å². The van der Waals surface area contributed by atoms with Crippen molar-refractivity contribution >= 4 is 5.97 Å². The number of ether oxygens (including phenoxy) is 2. The van der Waals surface area contributed by atoms with Gasteiger partial charge in [-0.3, -0.25) is 4.79 Å². The fourth-order valence-corrected chi connectivity index (χ4v) is 2.68. The molecule has 25 heavy (non-hydrogen) atoms. The van der Waals surface area contributed by atoms with Crippen LogP contribution in [0.15, 0.2) is 42.5 Å². The Morgan fingerprint density at radius 2 is 1.80 bits per heavy atom. The highest BCUT2D eigenvalue weighted by atomic mass is 16.5. The molecule has 0 bridgehead atoms. The molecule has 2 aromatic rings. The molecule has 4 heteroatoms. The Morgan fingerprint density at radius 1 is 1.12 bits per heavy atom. The Bertz CT molecular complexity index is 704. The molecule has 0 heterocycles. The number of hydrogen-bond donors (Lipinski definition) is 1. The van der Waals surface area contributed by atoms with Crippen molar-refractivity contribution in [3.63, 3.8) is 0 Å². The van der Waals surface area contributed by atoms with Gasteiger partial charge in [-0.2, -0.15) is 0 Å². The normalized spacial score (nSPS) is 12.0. The fourth-order valence-electron chi connectivity index (χ4n) is 2.68. The first-order valence-electron chi connectivity index (χ1n) is 8.49. The number of aliphatic carboxylic acids is 1. The Hall–Kier alpha value is -2.49. The van der Waals surface area contributed by atoms with E-state index in [1.54, 1.807) is 7.11 Å². The van der Waals surface area contributed by atoms with Crippen molar-refractivity contribution < 1.29 is 19.4 Å². The van der Waals surface area contributed by atoms with Crippen LogP contribution in [0, 0.1) is 12.8 Å². The second-order valence-electron chi connectivity index (χ2n) is 6.69. The van der Waals surface area contributed by atoms with Gasteiger partial charge in [0.15, 0.2) is 0 Å². The topological polar surface area (TPSA) is 55.8 Å². The number of benzene rings is 2. The number of carboxylic acids is 1. The van der Waals surface area contributed by atoms with Crippen molar-refractivity contribution in [1.82, 2.24) is 0 Å². The second kappa shape index (κ2) is 8.56. The predicted molar refractivity (Wildman–Crippen MR) is 98.6 cm³/mol. The van der Waals surface area contributed by atoms with E-state index in [4.69, 9.17) is 9.47 Å². The van der Waals surface area contributed by atoms with Gasteiger partial charge in [0, 0.05) is 5.56 Å². The number of carboxylic acid groups (broad SMARTS) is 1. The van der Waals surface area contributed by atoms with E-state index in [-0.39, 0.29) is 0 Å². The van der Waals surface area contributed by atoms with Crippen LogP contribution in [0.2, 0.25) is 0 Å². The van der Waals surface area contributed by atoms with E-state index in [2.05, 4.69) is 13.8 Å². The van der Waals surface area contributed by atoms with Gasteiger partial charge in [0.2, 0.25) is 0 Å². The average molecular weight is 342 g/mol. The van der Waals surface area contributed by atoms with Gasteiger partial charge in [-0.25, -0.2) is 0 Å². The quantitative estimate of drug-likeness (QED) is 0.770. The third-order valence-corrected chi connectivity index (χ3v) is 4.01. The SMILES string of the molecule is COc1ccc(C)cc1C(Cc1ccc(OCC(C)C)cc1)C(=O)O. The molecule has 1 atom stereocenters. The van der Waals surface area contributed by atoms with Gasteiger partial charge in [0.1, 0.15) is 11.5 Å². The molecule has 0 aliphatic carbocycles. The number of methoxy groups -OCH3 is 1. The molecular formula is C21H26O4. The van der Waals surface area contributed by atoms with Crippen LogP contribution in [-0.4, -0.2) is 24.8 Å². The van der Waals surface area contributed by atoms with E-state index in [9.17, 15) is 9.90 Å². The van der Waals surface area contributed by atoms with Crippen molar-refractivity contribution in [2.24, 2.45) is 5.92 Å². The number of hydrogen-bond acceptors (Lipinski definition) is 3. The van der Waals surface area contributed by atoms with Gasteiger partial charge in [-0.05, 0) is 43.0 Å². The van der Waals surface area contributed by atoms with Crippen molar-refractivity contribution in [3.05, 3.63) is 59.2 Å². The monoisotopic (exact) mass is 342 g/mol. The van der Waals surface area contributed by atoms with Crippen LogP contribution in [0.1, 0.15) is 36.5 Å². The molecule has 0 saturated heterocycles. The molecule has 0 aliphatic rings. The Morgan fingerprint density at radius 3 is 2.36 bits per heavy atom. The molecular weight excluding hydrogens is 316 g/mol. The van der Waals surface area contributed by atoms with E-state index in [0.29, 0.717) is 30.3 Å². The van der Waals surface area contributed by atoms with Gasteiger partial charge >= 0.3 is 5.97 Å². The molecule has 0 radical (unpaired) electrons. The maximum atomic E-state index is 11.8. The summed E-state index contributed by atoms with van der Waals surface area (Å²) in [5.74, 6) is 0.360. The number of rotatable bonds is 8. The highest BCUT2D eigenvalue weighted by Crippen LogP contribution is 2.31. The maximum Gasteiger partial charge on any atom is 0.311 e. The van der Waals surface area contributed by atoms with E-state index in [1.165, 1.54) is 0 Å². The van der Waals surface area contributed by atoms with Gasteiger partial charge < -0.3 is 14.6 Å². The predicted octanol–water partition coefficient (Wildman–Crippen LogP) is 4.45. The fraction of sp³-hybridized carbons (Fsp3) is 0.381. The molecule has 2 aromatic carbocycles. The molecule has 0 aromatic heterocycles. The molecule has 0 amide bonds. The second-order valence-corrected chi connectivity index (χ2v) is 6.69. The maximum absolute atomic E-state index is 11.8. The zero-order valence-electron chi connectivity index (χ0n) is 15.3. The van der Waals surface area contributed by atoms with Crippen LogP contribution >= 0.6 is 0 Å². The lowest BCUT2D eigenvalue weighted by atomic mass is 9.90. The molecule has 2 rings (SSSR count). The summed E-state index contributed by atoms with van der Waals surface area (Å²) in [6.07, 6.45) is 0.402. The molecule has 0 aliphatic heterocycles. The molecule has 1 unspecified atom stereocenters. The van der Waals surface area contributed by atoms with Gasteiger partial charge in [0.05, 0.1) is 19.6 Å². The van der Waals surface area contributed by atoms with Crippen LogP contribution in [0.25, 0.3) is 0 Å². The third kappa shape index (κ3) is 5.24. The van der Waals surface area contributed by atoms with Crippen LogP contribution in [-0.2, 0) is 11.2 Å². The minimum atomic E-state index is -0.857. The molecule has 1 N–H and O–H groups in total. The van der Waals surface area contributed by atoms with Gasteiger partial charge in [0.25, 0.3) is 0 Å². The van der Waals surface area contributed by atoms with Crippen LogP contribution in [0.3, 0.4) is 0 Å². The standard InChI is InChI=1S/C21H26O4/c1-14(2)13-25-17-8-6-16(7-9-17)12-19(21(22)23)18-11-15(3)5-10-20(18)24-4/h5-11,14,19H,12-13H2,1-4H3,(H,22,23). The van der Waals surface area contributed by atoms with Crippen molar-refractivity contribution in [2.75, 3.05) is 13.7 Å². The summed E-state index contributed by atoms with van der Waals surface area (Å²) in [6, 6.07) is 13.3. The molecule has 4 nitrogen and oxygen atoms in total. The highest BCUT2D eigenvalue weighted by molar-refractivity contribution is 5.78.